The molecule has 0 unspecified atom stereocenters. The van der Waals surface area contributed by atoms with E-state index in [1.807, 2.05) is 40.6 Å². The van der Waals surface area contributed by atoms with Crippen LogP contribution in [0.2, 0.25) is 0 Å². The maximum absolute atomic E-state index is 12.7. The Labute approximate surface area is 181 Å². The monoisotopic (exact) mass is 475 g/mol. The van der Waals surface area contributed by atoms with E-state index in [4.69, 9.17) is 4.74 Å². The number of ether oxygens (including phenoxy) is 1. The van der Waals surface area contributed by atoms with E-state index in [-0.39, 0.29) is 17.7 Å². The number of H-pyrrole nitrogens is 1. The van der Waals surface area contributed by atoms with Crippen molar-refractivity contribution in [1.82, 2.24) is 15.2 Å². The van der Waals surface area contributed by atoms with Crippen LogP contribution in [0.4, 0.5) is 0 Å². The van der Waals surface area contributed by atoms with Crippen LogP contribution < -0.4 is 10.1 Å². The minimum Gasteiger partial charge on any atom is -0.496 e. The molecule has 3 aromatic rings. The van der Waals surface area contributed by atoms with Crippen molar-refractivity contribution in [2.24, 2.45) is 5.92 Å². The molecule has 1 saturated heterocycles. The van der Waals surface area contributed by atoms with Gasteiger partial charge in [-0.25, -0.2) is 0 Å². The average Bonchev–Trinajstić information content (AvgIpc) is 3.34. The zero-order valence-corrected chi connectivity index (χ0v) is 18.4. The first-order chi connectivity index (χ1) is 14.0. The van der Waals surface area contributed by atoms with Crippen LogP contribution in [0, 0.1) is 5.92 Å². The lowest BCUT2D eigenvalue weighted by Crippen LogP contribution is -2.43. The fraction of sp³-hybridized carbons (Fsp3) is 0.333. The zero-order valence-electron chi connectivity index (χ0n) is 16.0. The molecule has 1 aliphatic rings. The molecule has 0 spiro atoms. The Kier molecular flexibility index (Phi) is 5.91. The average molecular weight is 476 g/mol. The van der Waals surface area contributed by atoms with E-state index >= 15 is 0 Å². The maximum Gasteiger partial charge on any atom is 0.270 e. The molecule has 0 saturated carbocycles. The van der Waals surface area contributed by atoms with E-state index in [1.165, 1.54) is 0 Å². The van der Waals surface area contributed by atoms with E-state index < -0.39 is 0 Å². The molecule has 2 N–H and O–H groups in total. The van der Waals surface area contributed by atoms with Gasteiger partial charge in [-0.1, -0.05) is 15.9 Å². The van der Waals surface area contributed by atoms with Crippen LogP contribution in [-0.4, -0.2) is 41.9 Å². The standard InChI is InChI=1S/C21H22BrN3O3S/c1-28-18-3-2-16(22)10-15(18)12-23-19(26)13-4-7-25(8-5-13)21(27)17-11-14-6-9-29-20(14)24-17/h2-3,6,9-11,13,24H,4-5,7-8,12H2,1H3,(H,23,26). The number of amides is 2. The summed E-state index contributed by atoms with van der Waals surface area (Å²) in [6.07, 6.45) is 1.34. The van der Waals surface area contributed by atoms with Crippen molar-refractivity contribution >= 4 is 49.3 Å². The van der Waals surface area contributed by atoms with Crippen LogP contribution in [-0.2, 0) is 11.3 Å². The molecule has 0 atom stereocenters. The normalized spacial score (nSPS) is 14.9. The molecule has 1 aliphatic heterocycles. The summed E-state index contributed by atoms with van der Waals surface area (Å²) in [5.41, 5.74) is 1.55. The maximum atomic E-state index is 12.7. The quantitative estimate of drug-likeness (QED) is 0.581. The van der Waals surface area contributed by atoms with Gasteiger partial charge in [0, 0.05) is 41.0 Å². The number of fused-ring (bicyclic) bond motifs is 1. The Morgan fingerprint density at radius 3 is 2.79 bits per heavy atom. The number of halogens is 1. The van der Waals surface area contributed by atoms with Gasteiger partial charge in [-0.05, 0) is 48.6 Å². The highest BCUT2D eigenvalue weighted by atomic mass is 79.9. The number of carbonyl (C=O) groups is 2. The van der Waals surface area contributed by atoms with Crippen molar-refractivity contribution in [3.8, 4) is 5.75 Å². The van der Waals surface area contributed by atoms with Crippen molar-refractivity contribution in [3.05, 3.63) is 51.4 Å². The van der Waals surface area contributed by atoms with Gasteiger partial charge >= 0.3 is 0 Å². The van der Waals surface area contributed by atoms with Crippen molar-refractivity contribution in [2.45, 2.75) is 19.4 Å². The molecule has 6 nitrogen and oxygen atoms in total. The summed E-state index contributed by atoms with van der Waals surface area (Å²) < 4.78 is 6.30. The smallest absolute Gasteiger partial charge is 0.270 e. The minimum absolute atomic E-state index is 0.00568. The number of thiophene rings is 1. The van der Waals surface area contributed by atoms with Gasteiger partial charge in [0.25, 0.3) is 5.91 Å². The van der Waals surface area contributed by atoms with Crippen LogP contribution in [0.5, 0.6) is 5.75 Å². The number of aromatic amines is 1. The summed E-state index contributed by atoms with van der Waals surface area (Å²) in [5, 5.41) is 6.08. The van der Waals surface area contributed by atoms with Gasteiger partial charge in [0.05, 0.1) is 7.11 Å². The second-order valence-corrected chi connectivity index (χ2v) is 8.96. The Bertz CT molecular complexity index is 1010. The predicted molar refractivity (Wildman–Crippen MR) is 117 cm³/mol. The Balaban J connectivity index is 1.31. The topological polar surface area (TPSA) is 74.4 Å². The number of benzene rings is 1. The fourth-order valence-corrected chi connectivity index (χ4v) is 4.88. The van der Waals surface area contributed by atoms with Crippen molar-refractivity contribution < 1.29 is 14.3 Å². The molecule has 4 rings (SSSR count). The lowest BCUT2D eigenvalue weighted by Gasteiger charge is -2.31. The van der Waals surface area contributed by atoms with Gasteiger partial charge in [0.1, 0.15) is 16.3 Å². The van der Waals surface area contributed by atoms with Crippen molar-refractivity contribution in [3.63, 3.8) is 0 Å². The number of hydrogen-bond acceptors (Lipinski definition) is 4. The molecule has 0 aliphatic carbocycles. The highest BCUT2D eigenvalue weighted by molar-refractivity contribution is 9.10. The number of likely N-dealkylation sites (tertiary alicyclic amines) is 1. The number of aromatic nitrogens is 1. The van der Waals surface area contributed by atoms with Gasteiger partial charge in [-0.15, -0.1) is 11.3 Å². The highest BCUT2D eigenvalue weighted by Crippen LogP contribution is 2.25. The van der Waals surface area contributed by atoms with E-state index in [0.717, 1.165) is 26.0 Å². The number of rotatable bonds is 5. The van der Waals surface area contributed by atoms with E-state index in [0.29, 0.717) is 38.2 Å². The van der Waals surface area contributed by atoms with Crippen molar-refractivity contribution in [1.29, 1.82) is 0 Å². The molecule has 1 fully saturated rings. The second-order valence-electron chi connectivity index (χ2n) is 7.13. The summed E-state index contributed by atoms with van der Waals surface area (Å²) in [5.74, 6) is 0.703. The molecule has 1 aromatic carbocycles. The summed E-state index contributed by atoms with van der Waals surface area (Å²) >= 11 is 5.04. The van der Waals surface area contributed by atoms with E-state index in [2.05, 4.69) is 26.2 Å². The molecule has 0 bridgehead atoms. The third-order valence-corrected chi connectivity index (χ3v) is 6.66. The largest absolute Gasteiger partial charge is 0.496 e. The fourth-order valence-electron chi connectivity index (χ4n) is 3.69. The lowest BCUT2D eigenvalue weighted by molar-refractivity contribution is -0.126. The van der Waals surface area contributed by atoms with E-state index in [9.17, 15) is 9.59 Å². The zero-order chi connectivity index (χ0) is 20.4. The first-order valence-electron chi connectivity index (χ1n) is 9.51. The number of nitrogens with one attached hydrogen (secondary N) is 2. The van der Waals surface area contributed by atoms with Gasteiger partial charge in [-0.3, -0.25) is 9.59 Å². The highest BCUT2D eigenvalue weighted by Gasteiger charge is 2.28. The molecular formula is C21H22BrN3O3S. The molecule has 29 heavy (non-hydrogen) atoms. The molecule has 2 amide bonds. The second kappa shape index (κ2) is 8.59. The lowest BCUT2D eigenvalue weighted by atomic mass is 9.95. The first kappa shape index (κ1) is 20.0. The number of hydrogen-bond donors (Lipinski definition) is 2. The summed E-state index contributed by atoms with van der Waals surface area (Å²) in [6, 6.07) is 9.63. The van der Waals surface area contributed by atoms with Crippen LogP contribution in [0.1, 0.15) is 28.9 Å². The number of piperidine rings is 1. The Morgan fingerprint density at radius 1 is 1.28 bits per heavy atom. The van der Waals surface area contributed by atoms with Gasteiger partial charge in [-0.2, -0.15) is 0 Å². The van der Waals surface area contributed by atoms with Gasteiger partial charge in [0.15, 0.2) is 0 Å². The summed E-state index contributed by atoms with van der Waals surface area (Å²) in [4.78, 5) is 31.4. The Hall–Kier alpha value is -2.32. The van der Waals surface area contributed by atoms with Crippen molar-refractivity contribution in [2.75, 3.05) is 20.2 Å². The predicted octanol–water partition coefficient (Wildman–Crippen LogP) is 4.17. The molecule has 0 radical (unpaired) electrons. The van der Waals surface area contributed by atoms with Crippen LogP contribution in [0.3, 0.4) is 0 Å². The van der Waals surface area contributed by atoms with Gasteiger partial charge < -0.3 is 19.9 Å². The summed E-state index contributed by atoms with van der Waals surface area (Å²) in [6.45, 7) is 1.59. The number of methoxy groups -OCH3 is 1. The Morgan fingerprint density at radius 2 is 2.07 bits per heavy atom. The van der Waals surface area contributed by atoms with E-state index in [1.54, 1.807) is 18.4 Å². The molecule has 3 heterocycles. The molecular weight excluding hydrogens is 454 g/mol. The van der Waals surface area contributed by atoms with Gasteiger partial charge in [0.2, 0.25) is 5.91 Å². The van der Waals surface area contributed by atoms with Crippen LogP contribution in [0.15, 0.2) is 40.2 Å². The van der Waals surface area contributed by atoms with Crippen LogP contribution >= 0.6 is 27.3 Å². The number of carbonyl (C=O) groups excluding carboxylic acids is 2. The third kappa shape index (κ3) is 4.33. The molecule has 152 valence electrons. The SMILES string of the molecule is COc1ccc(Br)cc1CNC(=O)C1CCN(C(=O)c2cc3ccsc3[nH]2)CC1. The molecule has 2 aromatic heterocycles. The third-order valence-electron chi connectivity index (χ3n) is 5.32. The number of nitrogens with zero attached hydrogens (tertiary/aromatic N) is 1. The molecule has 8 heteroatoms. The summed E-state index contributed by atoms with van der Waals surface area (Å²) in [7, 11) is 1.62. The first-order valence-corrected chi connectivity index (χ1v) is 11.2. The minimum atomic E-state index is -0.0793. The van der Waals surface area contributed by atoms with Crippen LogP contribution in [0.25, 0.3) is 10.2 Å².